The summed E-state index contributed by atoms with van der Waals surface area (Å²) in [5.74, 6) is -1.67. The maximum atomic E-state index is 12.3. The van der Waals surface area contributed by atoms with Crippen LogP contribution in [-0.4, -0.2) is 59.6 Å². The van der Waals surface area contributed by atoms with Crippen LogP contribution in [-0.2, 0) is 19.1 Å². The van der Waals surface area contributed by atoms with Crippen LogP contribution < -0.4 is 5.32 Å². The van der Waals surface area contributed by atoms with E-state index in [-0.39, 0.29) is 24.9 Å². The molecule has 0 aliphatic carbocycles. The van der Waals surface area contributed by atoms with Crippen LogP contribution in [0, 0.1) is 0 Å². The number of amides is 2. The summed E-state index contributed by atoms with van der Waals surface area (Å²) in [6.45, 7) is 1.39. The lowest BCUT2D eigenvalue weighted by atomic mass is 10.0. The third kappa shape index (κ3) is 3.69. The summed E-state index contributed by atoms with van der Waals surface area (Å²) in [5.41, 5.74) is 0. The molecule has 2 aliphatic heterocycles. The van der Waals surface area contributed by atoms with E-state index in [9.17, 15) is 14.4 Å². The molecule has 7 heteroatoms. The summed E-state index contributed by atoms with van der Waals surface area (Å²) in [6.07, 6.45) is 2.66. The Morgan fingerprint density at radius 2 is 2.15 bits per heavy atom. The Morgan fingerprint density at radius 1 is 1.35 bits per heavy atom. The molecule has 2 fully saturated rings. The molecule has 20 heavy (non-hydrogen) atoms. The Bertz CT molecular complexity index is 392. The fourth-order valence-electron chi connectivity index (χ4n) is 2.66. The van der Waals surface area contributed by atoms with Crippen LogP contribution in [0.2, 0.25) is 0 Å². The highest BCUT2D eigenvalue weighted by molar-refractivity contribution is 5.91. The number of hydrogen-bond donors (Lipinski definition) is 2. The van der Waals surface area contributed by atoms with Gasteiger partial charge in [0.25, 0.3) is 0 Å². The average molecular weight is 284 g/mol. The van der Waals surface area contributed by atoms with Crippen LogP contribution in [0.25, 0.3) is 0 Å². The van der Waals surface area contributed by atoms with Crippen molar-refractivity contribution in [1.82, 2.24) is 10.2 Å². The van der Waals surface area contributed by atoms with E-state index >= 15 is 0 Å². The predicted octanol–water partition coefficient (Wildman–Crippen LogP) is -0.253. The quantitative estimate of drug-likeness (QED) is 0.742. The number of carboxylic acids is 1. The van der Waals surface area contributed by atoms with Crippen molar-refractivity contribution in [2.45, 2.75) is 44.2 Å². The largest absolute Gasteiger partial charge is 0.481 e. The lowest BCUT2D eigenvalue weighted by Crippen LogP contribution is -2.58. The summed E-state index contributed by atoms with van der Waals surface area (Å²) in [4.78, 5) is 36.2. The lowest BCUT2D eigenvalue weighted by molar-refractivity contribution is -0.150. The molecule has 0 aromatic rings. The van der Waals surface area contributed by atoms with Gasteiger partial charge in [-0.2, -0.15) is 0 Å². The molecule has 2 heterocycles. The molecule has 0 radical (unpaired) electrons. The molecule has 0 aromatic heterocycles. The van der Waals surface area contributed by atoms with Crippen molar-refractivity contribution in [3.05, 3.63) is 0 Å². The lowest BCUT2D eigenvalue weighted by Gasteiger charge is -2.35. The number of aliphatic carboxylic acids is 1. The molecule has 0 saturated carbocycles. The first-order valence-corrected chi connectivity index (χ1v) is 6.98. The SMILES string of the molecule is O=C(O)CC1C(=O)NCCN1C(=O)CC1CCCCO1. The summed E-state index contributed by atoms with van der Waals surface area (Å²) in [6, 6.07) is -0.905. The molecule has 2 unspecified atom stereocenters. The van der Waals surface area contributed by atoms with E-state index < -0.39 is 17.9 Å². The number of rotatable bonds is 4. The highest BCUT2D eigenvalue weighted by Gasteiger charge is 2.35. The monoisotopic (exact) mass is 284 g/mol. The molecular weight excluding hydrogens is 264 g/mol. The van der Waals surface area contributed by atoms with Gasteiger partial charge in [0.05, 0.1) is 18.9 Å². The van der Waals surface area contributed by atoms with E-state index in [0.717, 1.165) is 19.3 Å². The van der Waals surface area contributed by atoms with Crippen LogP contribution in [0.1, 0.15) is 32.1 Å². The predicted molar refractivity (Wildman–Crippen MR) is 69.0 cm³/mol. The van der Waals surface area contributed by atoms with Crippen LogP contribution in [0.15, 0.2) is 0 Å². The molecule has 2 amide bonds. The minimum absolute atomic E-state index is 0.105. The number of piperazine rings is 1. The molecule has 0 aromatic carbocycles. The Hall–Kier alpha value is -1.63. The number of carbonyl (C=O) groups excluding carboxylic acids is 2. The summed E-state index contributed by atoms with van der Waals surface area (Å²) < 4.78 is 5.52. The van der Waals surface area contributed by atoms with Crippen molar-refractivity contribution in [2.75, 3.05) is 19.7 Å². The number of carboxylic acid groups (broad SMARTS) is 1. The minimum atomic E-state index is -1.08. The third-order valence-electron chi connectivity index (χ3n) is 3.70. The van der Waals surface area contributed by atoms with Gasteiger partial charge in [-0.3, -0.25) is 14.4 Å². The number of nitrogens with one attached hydrogen (secondary N) is 1. The summed E-state index contributed by atoms with van der Waals surface area (Å²) in [7, 11) is 0. The van der Waals surface area contributed by atoms with E-state index in [1.54, 1.807) is 0 Å². The van der Waals surface area contributed by atoms with Crippen molar-refractivity contribution in [2.24, 2.45) is 0 Å². The molecule has 2 aliphatic rings. The second-order valence-electron chi connectivity index (χ2n) is 5.18. The first-order chi connectivity index (χ1) is 9.58. The van der Waals surface area contributed by atoms with Gasteiger partial charge < -0.3 is 20.1 Å². The zero-order chi connectivity index (χ0) is 14.5. The third-order valence-corrected chi connectivity index (χ3v) is 3.70. The van der Waals surface area contributed by atoms with E-state index in [1.165, 1.54) is 4.90 Å². The van der Waals surface area contributed by atoms with E-state index in [0.29, 0.717) is 19.7 Å². The van der Waals surface area contributed by atoms with Gasteiger partial charge in [-0.25, -0.2) is 0 Å². The smallest absolute Gasteiger partial charge is 0.305 e. The number of ether oxygens (including phenoxy) is 1. The second-order valence-corrected chi connectivity index (χ2v) is 5.18. The van der Waals surface area contributed by atoms with Crippen LogP contribution in [0.3, 0.4) is 0 Å². The molecule has 2 saturated heterocycles. The van der Waals surface area contributed by atoms with Gasteiger partial charge in [0.2, 0.25) is 11.8 Å². The van der Waals surface area contributed by atoms with Gasteiger partial charge >= 0.3 is 5.97 Å². The Labute approximate surface area is 117 Å². The fraction of sp³-hybridized carbons (Fsp3) is 0.769. The van der Waals surface area contributed by atoms with Crippen molar-refractivity contribution in [3.8, 4) is 0 Å². The molecule has 7 nitrogen and oxygen atoms in total. The highest BCUT2D eigenvalue weighted by atomic mass is 16.5. The first-order valence-electron chi connectivity index (χ1n) is 6.98. The Kier molecular flexibility index (Phi) is 4.94. The molecule has 2 N–H and O–H groups in total. The Morgan fingerprint density at radius 3 is 2.80 bits per heavy atom. The topological polar surface area (TPSA) is 95.9 Å². The van der Waals surface area contributed by atoms with Gasteiger partial charge in [-0.15, -0.1) is 0 Å². The number of nitrogens with zero attached hydrogens (tertiary/aromatic N) is 1. The Balaban J connectivity index is 1.97. The molecule has 0 spiro atoms. The fourth-order valence-corrected chi connectivity index (χ4v) is 2.66. The van der Waals surface area contributed by atoms with E-state index in [1.807, 2.05) is 0 Å². The van der Waals surface area contributed by atoms with Crippen LogP contribution in [0.5, 0.6) is 0 Å². The normalized spacial score (nSPS) is 27.0. The second kappa shape index (κ2) is 6.69. The summed E-state index contributed by atoms with van der Waals surface area (Å²) in [5, 5.41) is 11.5. The molecule has 112 valence electrons. The van der Waals surface area contributed by atoms with Crippen molar-refractivity contribution >= 4 is 17.8 Å². The standard InChI is InChI=1S/C13H20N2O5/c16-11(7-9-3-1-2-6-20-9)15-5-4-14-13(19)10(15)8-12(17)18/h9-10H,1-8H2,(H,14,19)(H,17,18). The molecule has 0 bridgehead atoms. The van der Waals surface area contributed by atoms with Crippen molar-refractivity contribution in [3.63, 3.8) is 0 Å². The van der Waals surface area contributed by atoms with Crippen LogP contribution >= 0.6 is 0 Å². The average Bonchev–Trinajstić information content (AvgIpc) is 2.41. The van der Waals surface area contributed by atoms with Gasteiger partial charge in [-0.1, -0.05) is 0 Å². The van der Waals surface area contributed by atoms with Gasteiger partial charge in [0.15, 0.2) is 0 Å². The first kappa shape index (κ1) is 14.8. The minimum Gasteiger partial charge on any atom is -0.481 e. The molecule has 2 atom stereocenters. The summed E-state index contributed by atoms with van der Waals surface area (Å²) >= 11 is 0. The highest BCUT2D eigenvalue weighted by Crippen LogP contribution is 2.18. The zero-order valence-electron chi connectivity index (χ0n) is 11.3. The zero-order valence-corrected chi connectivity index (χ0v) is 11.3. The van der Waals surface area contributed by atoms with Gasteiger partial charge in [0, 0.05) is 19.7 Å². The molecule has 2 rings (SSSR count). The van der Waals surface area contributed by atoms with Gasteiger partial charge in [-0.05, 0) is 19.3 Å². The maximum Gasteiger partial charge on any atom is 0.305 e. The van der Waals surface area contributed by atoms with E-state index in [4.69, 9.17) is 9.84 Å². The number of hydrogen-bond acceptors (Lipinski definition) is 4. The number of carbonyl (C=O) groups is 3. The van der Waals surface area contributed by atoms with Gasteiger partial charge in [0.1, 0.15) is 6.04 Å². The van der Waals surface area contributed by atoms with Crippen molar-refractivity contribution < 1.29 is 24.2 Å². The molecular formula is C13H20N2O5. The maximum absolute atomic E-state index is 12.3. The van der Waals surface area contributed by atoms with E-state index in [2.05, 4.69) is 5.32 Å². The van der Waals surface area contributed by atoms with Crippen LogP contribution in [0.4, 0.5) is 0 Å². The van der Waals surface area contributed by atoms with Crippen molar-refractivity contribution in [1.29, 1.82) is 0 Å².